The van der Waals surface area contributed by atoms with Gasteiger partial charge in [-0.3, -0.25) is 4.72 Å². The zero-order valence-electron chi connectivity index (χ0n) is 11.1. The molecule has 1 saturated heterocycles. The zero-order chi connectivity index (χ0) is 13.7. The summed E-state index contributed by atoms with van der Waals surface area (Å²) in [6.45, 7) is 4.17. The summed E-state index contributed by atoms with van der Waals surface area (Å²) in [5.41, 5.74) is 1.59. The van der Waals surface area contributed by atoms with Crippen LogP contribution in [0.5, 0.6) is 0 Å². The van der Waals surface area contributed by atoms with Gasteiger partial charge in [-0.05, 0) is 37.6 Å². The van der Waals surface area contributed by atoms with Gasteiger partial charge in [0, 0.05) is 30.4 Å². The lowest BCUT2D eigenvalue weighted by Crippen LogP contribution is -2.15. The van der Waals surface area contributed by atoms with Crippen molar-refractivity contribution in [3.63, 3.8) is 0 Å². The molecular formula is C13H20N2O3S. The van der Waals surface area contributed by atoms with Crippen molar-refractivity contribution in [1.29, 1.82) is 0 Å². The highest BCUT2D eigenvalue weighted by atomic mass is 32.2. The van der Waals surface area contributed by atoms with Gasteiger partial charge in [0.1, 0.15) is 0 Å². The molecule has 1 unspecified atom stereocenters. The van der Waals surface area contributed by atoms with Gasteiger partial charge >= 0.3 is 0 Å². The summed E-state index contributed by atoms with van der Waals surface area (Å²) in [5, 5.41) is 3.33. The maximum atomic E-state index is 11.4. The molecule has 1 atom stereocenters. The summed E-state index contributed by atoms with van der Waals surface area (Å²) in [6, 6.07) is 7.29. The number of benzene rings is 1. The summed E-state index contributed by atoms with van der Waals surface area (Å²) in [4.78, 5) is 0. The minimum Gasteiger partial charge on any atom is -0.385 e. The smallest absolute Gasteiger partial charge is 0.232 e. The quantitative estimate of drug-likeness (QED) is 0.837. The Morgan fingerprint density at radius 2 is 1.95 bits per heavy atom. The molecule has 2 N–H and O–H groups in total. The van der Waals surface area contributed by atoms with E-state index < -0.39 is 10.0 Å². The second-order valence-corrected chi connectivity index (χ2v) is 6.70. The monoisotopic (exact) mass is 284 g/mol. The van der Waals surface area contributed by atoms with Crippen LogP contribution in [0.3, 0.4) is 0 Å². The SMILES string of the molecule is CCS(=O)(=O)Nc1ccc(NCC2CCOC2)cc1. The number of nitrogens with one attached hydrogen (secondary N) is 2. The van der Waals surface area contributed by atoms with Crippen LogP contribution in [0.2, 0.25) is 0 Å². The molecule has 1 aliphatic heterocycles. The van der Waals surface area contributed by atoms with Crippen LogP contribution >= 0.6 is 0 Å². The van der Waals surface area contributed by atoms with Crippen molar-refractivity contribution in [2.75, 3.05) is 35.6 Å². The molecule has 1 aromatic carbocycles. The number of anilines is 2. The van der Waals surface area contributed by atoms with Crippen molar-refractivity contribution >= 4 is 21.4 Å². The molecule has 6 heteroatoms. The van der Waals surface area contributed by atoms with E-state index in [-0.39, 0.29) is 5.75 Å². The third kappa shape index (κ3) is 4.40. The average molecular weight is 284 g/mol. The highest BCUT2D eigenvalue weighted by molar-refractivity contribution is 7.92. The summed E-state index contributed by atoms with van der Waals surface area (Å²) in [5.74, 6) is 0.646. The lowest BCUT2D eigenvalue weighted by Gasteiger charge is -2.11. The van der Waals surface area contributed by atoms with Crippen LogP contribution in [-0.4, -0.2) is 33.9 Å². The van der Waals surface area contributed by atoms with Crippen LogP contribution in [-0.2, 0) is 14.8 Å². The molecule has 1 fully saturated rings. The van der Waals surface area contributed by atoms with Crippen molar-refractivity contribution in [2.24, 2.45) is 5.92 Å². The molecule has 106 valence electrons. The van der Waals surface area contributed by atoms with Crippen LogP contribution in [0.15, 0.2) is 24.3 Å². The van der Waals surface area contributed by atoms with Gasteiger partial charge in [0.15, 0.2) is 0 Å². The van der Waals surface area contributed by atoms with Crippen LogP contribution in [0, 0.1) is 5.92 Å². The molecule has 1 heterocycles. The molecule has 0 radical (unpaired) electrons. The Hall–Kier alpha value is -1.27. The molecule has 0 saturated carbocycles. The van der Waals surface area contributed by atoms with Gasteiger partial charge in [0.2, 0.25) is 10.0 Å². The van der Waals surface area contributed by atoms with Crippen molar-refractivity contribution in [1.82, 2.24) is 0 Å². The van der Waals surface area contributed by atoms with E-state index in [0.717, 1.165) is 31.9 Å². The normalized spacial score (nSPS) is 19.3. The van der Waals surface area contributed by atoms with Crippen LogP contribution < -0.4 is 10.0 Å². The van der Waals surface area contributed by atoms with Gasteiger partial charge in [-0.15, -0.1) is 0 Å². The van der Waals surface area contributed by atoms with Gasteiger partial charge < -0.3 is 10.1 Å². The third-order valence-corrected chi connectivity index (χ3v) is 4.46. The number of sulfonamides is 1. The second kappa shape index (κ2) is 6.25. The summed E-state index contributed by atoms with van der Waals surface area (Å²) < 4.78 is 30.7. The summed E-state index contributed by atoms with van der Waals surface area (Å²) >= 11 is 0. The van der Waals surface area contributed by atoms with E-state index in [0.29, 0.717) is 11.6 Å². The Kier molecular flexibility index (Phi) is 4.66. The third-order valence-electron chi connectivity index (χ3n) is 3.16. The fourth-order valence-electron chi connectivity index (χ4n) is 1.91. The van der Waals surface area contributed by atoms with Crippen LogP contribution in [0.1, 0.15) is 13.3 Å². The maximum Gasteiger partial charge on any atom is 0.232 e. The lowest BCUT2D eigenvalue weighted by molar-refractivity contribution is 0.187. The number of hydrogen-bond donors (Lipinski definition) is 2. The maximum absolute atomic E-state index is 11.4. The van der Waals surface area contributed by atoms with Crippen molar-refractivity contribution in [3.8, 4) is 0 Å². The van der Waals surface area contributed by atoms with Crippen molar-refractivity contribution < 1.29 is 13.2 Å². The first-order valence-corrected chi connectivity index (χ1v) is 8.16. The molecule has 0 amide bonds. The van der Waals surface area contributed by atoms with Crippen LogP contribution in [0.25, 0.3) is 0 Å². The van der Waals surface area contributed by atoms with E-state index >= 15 is 0 Å². The van der Waals surface area contributed by atoms with E-state index in [4.69, 9.17) is 4.74 Å². The molecule has 1 aromatic rings. The summed E-state index contributed by atoms with van der Waals surface area (Å²) in [7, 11) is -3.20. The number of hydrogen-bond acceptors (Lipinski definition) is 4. The standard InChI is InChI=1S/C13H20N2O3S/c1-2-19(16,17)15-13-5-3-12(4-6-13)14-9-11-7-8-18-10-11/h3-6,11,14-15H,2,7-10H2,1H3. The van der Waals surface area contributed by atoms with E-state index in [1.807, 2.05) is 12.1 Å². The Bertz CT molecular complexity index is 493. The fraction of sp³-hybridized carbons (Fsp3) is 0.538. The Labute approximate surface area is 114 Å². The molecular weight excluding hydrogens is 264 g/mol. The molecule has 0 aliphatic carbocycles. The molecule has 0 spiro atoms. The minimum absolute atomic E-state index is 0.0781. The van der Waals surface area contributed by atoms with Gasteiger partial charge in [-0.1, -0.05) is 0 Å². The molecule has 0 bridgehead atoms. The number of rotatable bonds is 6. The van der Waals surface area contributed by atoms with Crippen molar-refractivity contribution in [2.45, 2.75) is 13.3 Å². The van der Waals surface area contributed by atoms with Gasteiger partial charge in [-0.2, -0.15) is 0 Å². The molecule has 2 rings (SSSR count). The highest BCUT2D eigenvalue weighted by Gasteiger charge is 2.14. The van der Waals surface area contributed by atoms with E-state index in [1.54, 1.807) is 19.1 Å². The summed E-state index contributed by atoms with van der Waals surface area (Å²) in [6.07, 6.45) is 1.10. The van der Waals surface area contributed by atoms with Gasteiger partial charge in [-0.25, -0.2) is 8.42 Å². The fourth-order valence-corrected chi connectivity index (χ4v) is 2.55. The Balaban J connectivity index is 1.87. The minimum atomic E-state index is -3.20. The second-order valence-electron chi connectivity index (χ2n) is 4.69. The number of ether oxygens (including phenoxy) is 1. The average Bonchev–Trinajstić information content (AvgIpc) is 2.91. The van der Waals surface area contributed by atoms with Crippen molar-refractivity contribution in [3.05, 3.63) is 24.3 Å². The van der Waals surface area contributed by atoms with Crippen LogP contribution in [0.4, 0.5) is 11.4 Å². The first kappa shape index (κ1) is 14.1. The van der Waals surface area contributed by atoms with Gasteiger partial charge in [0.25, 0.3) is 0 Å². The largest absolute Gasteiger partial charge is 0.385 e. The van der Waals surface area contributed by atoms with E-state index in [2.05, 4.69) is 10.0 Å². The topological polar surface area (TPSA) is 67.4 Å². The van der Waals surface area contributed by atoms with E-state index in [9.17, 15) is 8.42 Å². The molecule has 19 heavy (non-hydrogen) atoms. The predicted octanol–water partition coefficient (Wildman–Crippen LogP) is 1.90. The van der Waals surface area contributed by atoms with Gasteiger partial charge in [0.05, 0.1) is 12.4 Å². The van der Waals surface area contributed by atoms with E-state index in [1.165, 1.54) is 0 Å². The molecule has 1 aliphatic rings. The lowest BCUT2D eigenvalue weighted by atomic mass is 10.1. The predicted molar refractivity (Wildman–Crippen MR) is 76.9 cm³/mol. The zero-order valence-corrected chi connectivity index (χ0v) is 11.9. The highest BCUT2D eigenvalue weighted by Crippen LogP contribution is 2.17. The first-order valence-electron chi connectivity index (χ1n) is 6.51. The Morgan fingerprint density at radius 3 is 2.53 bits per heavy atom. The Morgan fingerprint density at radius 1 is 1.26 bits per heavy atom. The molecule has 0 aromatic heterocycles. The first-order chi connectivity index (χ1) is 9.09. The molecule has 5 nitrogen and oxygen atoms in total.